The number of carbonyl (C=O) groups excluding carboxylic acids is 1. The Morgan fingerprint density at radius 1 is 1.21 bits per heavy atom. The highest BCUT2D eigenvalue weighted by molar-refractivity contribution is 5.88. The van der Waals surface area contributed by atoms with E-state index in [1.54, 1.807) is 30.6 Å². The Labute approximate surface area is 110 Å². The molecule has 2 aromatic rings. The number of benzene rings is 1. The Morgan fingerprint density at radius 3 is 2.68 bits per heavy atom. The molecule has 1 amide bonds. The van der Waals surface area contributed by atoms with Crippen LogP contribution in [-0.4, -0.2) is 22.5 Å². The van der Waals surface area contributed by atoms with Gasteiger partial charge in [-0.15, -0.1) is 0 Å². The fourth-order valence-corrected chi connectivity index (χ4v) is 1.42. The lowest BCUT2D eigenvalue weighted by Gasteiger charge is -2.08. The van der Waals surface area contributed by atoms with Crippen LogP contribution >= 0.6 is 0 Å². The summed E-state index contributed by atoms with van der Waals surface area (Å²) in [4.78, 5) is 19.4. The van der Waals surface area contributed by atoms with Crippen LogP contribution in [0.2, 0.25) is 0 Å². The average Bonchev–Trinajstić information content (AvgIpc) is 2.42. The summed E-state index contributed by atoms with van der Waals surface area (Å²) < 4.78 is 5.42. The molecule has 0 aliphatic heterocycles. The Hall–Kier alpha value is -2.63. The number of rotatable bonds is 5. The van der Waals surface area contributed by atoms with Gasteiger partial charge < -0.3 is 10.5 Å². The Balaban J connectivity index is 1.77. The predicted molar refractivity (Wildman–Crippen MR) is 71.6 cm³/mol. The van der Waals surface area contributed by atoms with Crippen molar-refractivity contribution < 1.29 is 9.53 Å². The lowest BCUT2D eigenvalue weighted by atomic mass is 10.3. The van der Waals surface area contributed by atoms with Gasteiger partial charge in [0.2, 0.25) is 11.9 Å². The number of nitrogens with zero attached hydrogens (tertiary/aromatic N) is 2. The Bertz CT molecular complexity index is 545. The molecule has 0 spiro atoms. The number of nitrogens with one attached hydrogen (secondary N) is 1. The quantitative estimate of drug-likeness (QED) is 0.792. The monoisotopic (exact) mass is 258 g/mol. The zero-order chi connectivity index (χ0) is 13.5. The summed E-state index contributed by atoms with van der Waals surface area (Å²) in [5.74, 6) is 0.652. The van der Waals surface area contributed by atoms with E-state index in [0.717, 1.165) is 0 Å². The molecule has 1 heterocycles. The molecule has 0 aliphatic carbocycles. The first-order valence-corrected chi connectivity index (χ1v) is 5.80. The third-order valence-electron chi connectivity index (χ3n) is 2.32. The fraction of sp³-hybridized carbons (Fsp3) is 0.154. The van der Waals surface area contributed by atoms with Crippen LogP contribution in [0.15, 0.2) is 42.7 Å². The molecule has 0 saturated carbocycles. The van der Waals surface area contributed by atoms with Crippen molar-refractivity contribution in [2.45, 2.75) is 6.42 Å². The second kappa shape index (κ2) is 6.34. The van der Waals surface area contributed by atoms with E-state index < -0.39 is 0 Å². The first kappa shape index (κ1) is 12.8. The van der Waals surface area contributed by atoms with E-state index in [2.05, 4.69) is 15.3 Å². The number of anilines is 2. The molecule has 0 saturated heterocycles. The van der Waals surface area contributed by atoms with Crippen LogP contribution in [0, 0.1) is 0 Å². The van der Waals surface area contributed by atoms with E-state index in [0.29, 0.717) is 11.4 Å². The predicted octanol–water partition coefficient (Wildman–Crippen LogP) is 1.47. The summed E-state index contributed by atoms with van der Waals surface area (Å²) in [6, 6.07) is 8.82. The van der Waals surface area contributed by atoms with Gasteiger partial charge in [-0.1, -0.05) is 12.1 Å². The Kier molecular flexibility index (Phi) is 4.28. The molecular weight excluding hydrogens is 244 g/mol. The van der Waals surface area contributed by atoms with Crippen molar-refractivity contribution in [2.75, 3.05) is 17.7 Å². The number of amides is 1. The maximum Gasteiger partial charge on any atom is 0.230 e. The van der Waals surface area contributed by atoms with Gasteiger partial charge in [-0.3, -0.25) is 10.1 Å². The number of hydrogen-bond acceptors (Lipinski definition) is 5. The molecule has 2 rings (SSSR count). The highest BCUT2D eigenvalue weighted by Gasteiger charge is 2.05. The van der Waals surface area contributed by atoms with Crippen LogP contribution in [0.4, 0.5) is 11.6 Å². The fourth-order valence-electron chi connectivity index (χ4n) is 1.42. The van der Waals surface area contributed by atoms with Crippen LogP contribution in [0.3, 0.4) is 0 Å². The molecule has 1 aromatic heterocycles. The zero-order valence-corrected chi connectivity index (χ0v) is 10.2. The molecule has 0 bridgehead atoms. The molecule has 1 aromatic carbocycles. The van der Waals surface area contributed by atoms with Gasteiger partial charge in [0.05, 0.1) is 18.7 Å². The number of nitrogen functional groups attached to an aromatic ring is 1. The van der Waals surface area contributed by atoms with Crippen molar-refractivity contribution >= 4 is 17.5 Å². The minimum atomic E-state index is -0.208. The van der Waals surface area contributed by atoms with Gasteiger partial charge in [0, 0.05) is 12.4 Å². The van der Waals surface area contributed by atoms with E-state index in [9.17, 15) is 4.79 Å². The van der Waals surface area contributed by atoms with Crippen LogP contribution in [-0.2, 0) is 4.79 Å². The maximum absolute atomic E-state index is 11.6. The maximum atomic E-state index is 11.6. The first-order chi connectivity index (χ1) is 9.25. The minimum Gasteiger partial charge on any atom is -0.491 e. The van der Waals surface area contributed by atoms with Crippen molar-refractivity contribution in [3.05, 3.63) is 42.7 Å². The molecule has 19 heavy (non-hydrogen) atoms. The van der Waals surface area contributed by atoms with E-state index in [1.165, 1.54) is 0 Å². The van der Waals surface area contributed by atoms with Gasteiger partial charge in [0.25, 0.3) is 0 Å². The second-order valence-corrected chi connectivity index (χ2v) is 3.76. The molecule has 6 heteroatoms. The third kappa shape index (κ3) is 3.95. The highest BCUT2D eigenvalue weighted by atomic mass is 16.5. The molecule has 0 unspecified atom stereocenters. The summed E-state index contributed by atoms with van der Waals surface area (Å²) in [6.45, 7) is 0.243. The van der Waals surface area contributed by atoms with Crippen molar-refractivity contribution in [1.29, 1.82) is 0 Å². The largest absolute Gasteiger partial charge is 0.491 e. The van der Waals surface area contributed by atoms with Crippen molar-refractivity contribution in [3.63, 3.8) is 0 Å². The number of ether oxygens (including phenoxy) is 1. The number of para-hydroxylation sites is 2. The number of hydrogen-bond donors (Lipinski definition) is 2. The average molecular weight is 258 g/mol. The topological polar surface area (TPSA) is 90.1 Å². The first-order valence-electron chi connectivity index (χ1n) is 5.80. The standard InChI is InChI=1S/C13H14N4O2/c14-10-4-1-2-5-11(10)19-9-6-12(18)17-13-15-7-3-8-16-13/h1-5,7-8H,6,9,14H2,(H,15,16,17,18). The van der Waals surface area contributed by atoms with Crippen LogP contribution in [0.5, 0.6) is 5.75 Å². The SMILES string of the molecule is Nc1ccccc1OCCC(=O)Nc1ncccn1. The van der Waals surface area contributed by atoms with Crippen LogP contribution < -0.4 is 15.8 Å². The van der Waals surface area contributed by atoms with Gasteiger partial charge in [-0.25, -0.2) is 9.97 Å². The smallest absolute Gasteiger partial charge is 0.230 e. The van der Waals surface area contributed by atoms with Gasteiger partial charge in [0.1, 0.15) is 5.75 Å². The highest BCUT2D eigenvalue weighted by Crippen LogP contribution is 2.19. The Morgan fingerprint density at radius 2 is 1.95 bits per heavy atom. The summed E-state index contributed by atoms with van der Waals surface area (Å²) in [5, 5.41) is 2.57. The number of nitrogens with two attached hydrogens (primary N) is 1. The number of carbonyl (C=O) groups is 1. The van der Waals surface area contributed by atoms with Crippen LogP contribution in [0.1, 0.15) is 6.42 Å². The summed E-state index contributed by atoms with van der Waals surface area (Å²) in [5.41, 5.74) is 6.27. The lowest BCUT2D eigenvalue weighted by Crippen LogP contribution is -2.16. The molecule has 98 valence electrons. The third-order valence-corrected chi connectivity index (χ3v) is 2.32. The lowest BCUT2D eigenvalue weighted by molar-refractivity contribution is -0.116. The molecule has 0 fully saturated rings. The normalized spacial score (nSPS) is 9.89. The summed E-state index contributed by atoms with van der Waals surface area (Å²) in [6.07, 6.45) is 3.32. The van der Waals surface area contributed by atoms with Crippen LogP contribution in [0.25, 0.3) is 0 Å². The summed E-state index contributed by atoms with van der Waals surface area (Å²) in [7, 11) is 0. The number of aromatic nitrogens is 2. The molecule has 6 nitrogen and oxygen atoms in total. The van der Waals surface area contributed by atoms with Gasteiger partial charge in [0.15, 0.2) is 0 Å². The molecule has 3 N–H and O–H groups in total. The van der Waals surface area contributed by atoms with Crippen molar-refractivity contribution in [3.8, 4) is 5.75 Å². The molecule has 0 aliphatic rings. The van der Waals surface area contributed by atoms with Crippen molar-refractivity contribution in [2.24, 2.45) is 0 Å². The van der Waals surface area contributed by atoms with Gasteiger partial charge >= 0.3 is 0 Å². The van der Waals surface area contributed by atoms with Crippen molar-refractivity contribution in [1.82, 2.24) is 9.97 Å². The van der Waals surface area contributed by atoms with E-state index in [-0.39, 0.29) is 24.9 Å². The second-order valence-electron chi connectivity index (χ2n) is 3.76. The molecule has 0 atom stereocenters. The zero-order valence-electron chi connectivity index (χ0n) is 10.2. The van der Waals surface area contributed by atoms with Gasteiger partial charge in [-0.05, 0) is 18.2 Å². The summed E-state index contributed by atoms with van der Waals surface area (Å²) >= 11 is 0. The van der Waals surface area contributed by atoms with E-state index >= 15 is 0 Å². The minimum absolute atomic E-state index is 0.201. The van der Waals surface area contributed by atoms with E-state index in [4.69, 9.17) is 10.5 Å². The van der Waals surface area contributed by atoms with Gasteiger partial charge in [-0.2, -0.15) is 0 Å². The van der Waals surface area contributed by atoms with E-state index in [1.807, 2.05) is 12.1 Å². The molecule has 0 radical (unpaired) electrons. The molecular formula is C13H14N4O2.